The van der Waals surface area contributed by atoms with Gasteiger partial charge in [-0.2, -0.15) is 11.8 Å². The Morgan fingerprint density at radius 1 is 1.79 bits per heavy atom. The van der Waals surface area contributed by atoms with E-state index in [-0.39, 0.29) is 5.91 Å². The number of amides is 1. The second kappa shape index (κ2) is 6.27. The Kier molecular flexibility index (Phi) is 5.29. The lowest BCUT2D eigenvalue weighted by atomic mass is 10.2. The molecule has 4 nitrogen and oxygen atoms in total. The Morgan fingerprint density at radius 3 is 3.14 bits per heavy atom. The quantitative estimate of drug-likeness (QED) is 0.600. The van der Waals surface area contributed by atoms with Crippen molar-refractivity contribution in [2.75, 3.05) is 24.6 Å². The fourth-order valence-electron chi connectivity index (χ4n) is 1.31. The number of aliphatic hydroxyl groups excluding tert-OH is 1. The van der Waals surface area contributed by atoms with E-state index in [4.69, 9.17) is 5.11 Å². The Bertz CT molecular complexity index is 182. The van der Waals surface area contributed by atoms with E-state index in [1.54, 1.807) is 6.92 Å². The maximum atomic E-state index is 11.3. The molecule has 0 radical (unpaired) electrons. The molecule has 1 fully saturated rings. The predicted octanol–water partition coefficient (Wildman–Crippen LogP) is -0.421. The number of aliphatic hydroxyl groups is 1. The van der Waals surface area contributed by atoms with Crippen LogP contribution in [0.3, 0.4) is 0 Å². The Labute approximate surface area is 88.8 Å². The number of nitrogens with one attached hydrogen (secondary N) is 2. The maximum Gasteiger partial charge on any atom is 0.221 e. The predicted molar refractivity (Wildman–Crippen MR) is 58.4 cm³/mol. The number of carbonyl (C=O) groups is 1. The largest absolute Gasteiger partial charge is 0.392 e. The third-order valence-corrected chi connectivity index (χ3v) is 3.16. The van der Waals surface area contributed by atoms with Crippen molar-refractivity contribution in [2.24, 2.45) is 0 Å². The van der Waals surface area contributed by atoms with E-state index in [0.29, 0.717) is 19.0 Å². The van der Waals surface area contributed by atoms with Crippen molar-refractivity contribution in [3.05, 3.63) is 0 Å². The molecule has 1 saturated heterocycles. The van der Waals surface area contributed by atoms with Crippen LogP contribution in [0.15, 0.2) is 0 Å². The molecule has 1 heterocycles. The molecule has 1 aliphatic heterocycles. The standard InChI is InChI=1S/C9H18N2O2S/c1-7(12)5-11-9(13)4-8-6-14-3-2-10-8/h7-8,10,12H,2-6H2,1H3,(H,11,13). The average molecular weight is 218 g/mol. The third kappa shape index (κ3) is 4.83. The van der Waals surface area contributed by atoms with Crippen molar-refractivity contribution < 1.29 is 9.90 Å². The first-order valence-electron chi connectivity index (χ1n) is 4.94. The van der Waals surface area contributed by atoms with Crippen molar-refractivity contribution in [3.8, 4) is 0 Å². The minimum atomic E-state index is -0.465. The van der Waals surface area contributed by atoms with Crippen molar-refractivity contribution in [3.63, 3.8) is 0 Å². The van der Waals surface area contributed by atoms with Gasteiger partial charge < -0.3 is 15.7 Å². The van der Waals surface area contributed by atoms with E-state index in [1.165, 1.54) is 0 Å². The number of thioether (sulfide) groups is 1. The minimum absolute atomic E-state index is 0.0194. The lowest BCUT2D eigenvalue weighted by Gasteiger charge is -2.22. The molecule has 5 heteroatoms. The van der Waals surface area contributed by atoms with Crippen LogP contribution in [0.5, 0.6) is 0 Å². The second-order valence-corrected chi connectivity index (χ2v) is 4.73. The van der Waals surface area contributed by atoms with Crippen LogP contribution in [0.25, 0.3) is 0 Å². The second-order valence-electron chi connectivity index (χ2n) is 3.58. The highest BCUT2D eigenvalue weighted by atomic mass is 32.2. The number of rotatable bonds is 4. The van der Waals surface area contributed by atoms with Crippen LogP contribution >= 0.6 is 11.8 Å². The van der Waals surface area contributed by atoms with Crippen LogP contribution in [0, 0.1) is 0 Å². The molecule has 1 aliphatic rings. The summed E-state index contributed by atoms with van der Waals surface area (Å²) in [6.45, 7) is 2.99. The number of hydrogen-bond acceptors (Lipinski definition) is 4. The van der Waals surface area contributed by atoms with Crippen molar-refractivity contribution >= 4 is 17.7 Å². The zero-order valence-electron chi connectivity index (χ0n) is 8.45. The molecular weight excluding hydrogens is 200 g/mol. The summed E-state index contributed by atoms with van der Waals surface area (Å²) in [6.07, 6.45) is 0.0485. The van der Waals surface area contributed by atoms with E-state index >= 15 is 0 Å². The van der Waals surface area contributed by atoms with Gasteiger partial charge in [-0.15, -0.1) is 0 Å². The first-order chi connectivity index (χ1) is 6.68. The highest BCUT2D eigenvalue weighted by Crippen LogP contribution is 2.09. The first-order valence-corrected chi connectivity index (χ1v) is 6.10. The van der Waals surface area contributed by atoms with Crippen molar-refractivity contribution in [1.82, 2.24) is 10.6 Å². The Morgan fingerprint density at radius 2 is 2.57 bits per heavy atom. The summed E-state index contributed by atoms with van der Waals surface area (Å²) in [6, 6.07) is 0.294. The van der Waals surface area contributed by atoms with Gasteiger partial charge in [0, 0.05) is 37.1 Å². The van der Waals surface area contributed by atoms with Crippen LogP contribution in [-0.4, -0.2) is 47.8 Å². The fraction of sp³-hybridized carbons (Fsp3) is 0.889. The maximum absolute atomic E-state index is 11.3. The molecule has 0 aliphatic carbocycles. The molecule has 0 aromatic heterocycles. The topological polar surface area (TPSA) is 61.4 Å². The fourth-order valence-corrected chi connectivity index (χ4v) is 2.26. The van der Waals surface area contributed by atoms with Crippen molar-refractivity contribution in [2.45, 2.75) is 25.5 Å². The Hall–Kier alpha value is -0.260. The summed E-state index contributed by atoms with van der Waals surface area (Å²) >= 11 is 1.88. The van der Waals surface area contributed by atoms with Gasteiger partial charge >= 0.3 is 0 Å². The summed E-state index contributed by atoms with van der Waals surface area (Å²) in [4.78, 5) is 11.3. The van der Waals surface area contributed by atoms with E-state index < -0.39 is 6.10 Å². The average Bonchev–Trinajstić information content (AvgIpc) is 2.16. The van der Waals surface area contributed by atoms with Crippen LogP contribution in [0.2, 0.25) is 0 Å². The molecule has 0 aromatic carbocycles. The molecule has 14 heavy (non-hydrogen) atoms. The molecule has 0 bridgehead atoms. The van der Waals surface area contributed by atoms with Crippen LogP contribution in [0.4, 0.5) is 0 Å². The molecular formula is C9H18N2O2S. The monoisotopic (exact) mass is 218 g/mol. The van der Waals surface area contributed by atoms with Crippen LogP contribution in [-0.2, 0) is 4.79 Å². The molecule has 2 unspecified atom stereocenters. The lowest BCUT2D eigenvalue weighted by molar-refractivity contribution is -0.121. The van der Waals surface area contributed by atoms with E-state index in [0.717, 1.165) is 18.1 Å². The number of hydrogen-bond donors (Lipinski definition) is 3. The van der Waals surface area contributed by atoms with Gasteiger partial charge in [-0.05, 0) is 6.92 Å². The zero-order chi connectivity index (χ0) is 10.4. The van der Waals surface area contributed by atoms with Gasteiger partial charge in [-0.3, -0.25) is 4.79 Å². The summed E-state index contributed by atoms with van der Waals surface area (Å²) in [5, 5.41) is 15.0. The molecule has 0 spiro atoms. The van der Waals surface area contributed by atoms with Gasteiger partial charge in [0.05, 0.1) is 6.10 Å². The van der Waals surface area contributed by atoms with Crippen LogP contribution in [0.1, 0.15) is 13.3 Å². The molecule has 82 valence electrons. The van der Waals surface area contributed by atoms with E-state index in [1.807, 2.05) is 11.8 Å². The van der Waals surface area contributed by atoms with Gasteiger partial charge in [0.25, 0.3) is 0 Å². The SMILES string of the molecule is CC(O)CNC(=O)CC1CSCCN1. The third-order valence-electron chi connectivity index (χ3n) is 2.02. The highest BCUT2D eigenvalue weighted by molar-refractivity contribution is 7.99. The highest BCUT2D eigenvalue weighted by Gasteiger charge is 2.16. The molecule has 1 amide bonds. The van der Waals surface area contributed by atoms with E-state index in [9.17, 15) is 4.79 Å². The van der Waals surface area contributed by atoms with Gasteiger partial charge in [-0.25, -0.2) is 0 Å². The van der Waals surface area contributed by atoms with Crippen molar-refractivity contribution in [1.29, 1.82) is 0 Å². The molecule has 3 N–H and O–H groups in total. The summed E-state index contributed by atoms with van der Waals surface area (Å²) in [5.41, 5.74) is 0. The molecule has 0 aromatic rings. The number of carbonyl (C=O) groups excluding carboxylic acids is 1. The van der Waals surface area contributed by atoms with Crippen LogP contribution < -0.4 is 10.6 Å². The molecule has 1 rings (SSSR count). The van der Waals surface area contributed by atoms with E-state index in [2.05, 4.69) is 10.6 Å². The normalized spacial score (nSPS) is 24.3. The minimum Gasteiger partial charge on any atom is -0.392 e. The van der Waals surface area contributed by atoms with Gasteiger partial charge in [0.1, 0.15) is 0 Å². The molecule has 2 atom stereocenters. The summed E-state index contributed by atoms with van der Waals surface area (Å²) in [5.74, 6) is 2.15. The summed E-state index contributed by atoms with van der Waals surface area (Å²) in [7, 11) is 0. The Balaban J connectivity index is 2.12. The summed E-state index contributed by atoms with van der Waals surface area (Å²) < 4.78 is 0. The zero-order valence-corrected chi connectivity index (χ0v) is 9.27. The first kappa shape index (κ1) is 11.8. The van der Waals surface area contributed by atoms with Gasteiger partial charge in [0.15, 0.2) is 0 Å². The lowest BCUT2D eigenvalue weighted by Crippen LogP contribution is -2.42. The molecule has 0 saturated carbocycles. The van der Waals surface area contributed by atoms with Gasteiger partial charge in [0.2, 0.25) is 5.91 Å². The smallest absolute Gasteiger partial charge is 0.221 e. The van der Waals surface area contributed by atoms with Gasteiger partial charge in [-0.1, -0.05) is 0 Å².